The monoisotopic (exact) mass is 275 g/mol. The maximum Gasteiger partial charge on any atom is 0.319 e. The van der Waals surface area contributed by atoms with Crippen LogP contribution >= 0.6 is 0 Å². The highest BCUT2D eigenvalue weighted by atomic mass is 16.2. The molecular formula is C15H21N3O2. The third-order valence-electron chi connectivity index (χ3n) is 3.56. The van der Waals surface area contributed by atoms with Crippen LogP contribution in [0.3, 0.4) is 0 Å². The van der Waals surface area contributed by atoms with Gasteiger partial charge in [0.1, 0.15) is 0 Å². The minimum Gasteiger partial charge on any atom is -0.343 e. The second-order valence-electron chi connectivity index (χ2n) is 5.32. The molecule has 1 aromatic rings. The Kier molecular flexibility index (Phi) is 4.61. The summed E-state index contributed by atoms with van der Waals surface area (Å²) in [6, 6.07) is 7.48. The van der Waals surface area contributed by atoms with Gasteiger partial charge in [0.15, 0.2) is 0 Å². The number of carbonyl (C=O) groups excluding carboxylic acids is 2. The number of aryl methyl sites for hydroxylation is 1. The third kappa shape index (κ3) is 3.98. The molecule has 0 spiro atoms. The fourth-order valence-electron chi connectivity index (χ4n) is 2.42. The van der Waals surface area contributed by atoms with Gasteiger partial charge >= 0.3 is 6.03 Å². The largest absolute Gasteiger partial charge is 0.343 e. The van der Waals surface area contributed by atoms with Crippen LogP contribution < -0.4 is 10.6 Å². The number of benzene rings is 1. The van der Waals surface area contributed by atoms with Crippen molar-refractivity contribution in [3.8, 4) is 0 Å². The molecule has 3 amide bonds. The highest BCUT2D eigenvalue weighted by Gasteiger charge is 2.24. The minimum absolute atomic E-state index is 0.108. The molecule has 0 radical (unpaired) electrons. The number of urea groups is 1. The Morgan fingerprint density at radius 3 is 2.85 bits per heavy atom. The molecule has 0 aliphatic carbocycles. The van der Waals surface area contributed by atoms with Crippen molar-refractivity contribution in [3.05, 3.63) is 29.8 Å². The highest BCUT2D eigenvalue weighted by molar-refractivity contribution is 5.89. The van der Waals surface area contributed by atoms with E-state index in [4.69, 9.17) is 0 Å². The van der Waals surface area contributed by atoms with E-state index in [0.29, 0.717) is 12.5 Å². The first-order valence-corrected chi connectivity index (χ1v) is 6.91. The number of nitrogens with one attached hydrogen (secondary N) is 2. The fourth-order valence-corrected chi connectivity index (χ4v) is 2.42. The maximum absolute atomic E-state index is 11.8. The lowest BCUT2D eigenvalue weighted by molar-refractivity contribution is -0.127. The summed E-state index contributed by atoms with van der Waals surface area (Å²) in [5.41, 5.74) is 1.90. The number of nitrogens with zero attached hydrogens (tertiary/aromatic N) is 1. The van der Waals surface area contributed by atoms with Gasteiger partial charge in [-0.3, -0.25) is 4.79 Å². The van der Waals surface area contributed by atoms with Crippen LogP contribution in [0.2, 0.25) is 0 Å². The Balaban J connectivity index is 1.75. The van der Waals surface area contributed by atoms with E-state index in [9.17, 15) is 9.59 Å². The number of hydrogen-bond acceptors (Lipinski definition) is 2. The van der Waals surface area contributed by atoms with Gasteiger partial charge in [0.25, 0.3) is 0 Å². The van der Waals surface area contributed by atoms with Crippen LogP contribution in [0.25, 0.3) is 0 Å². The average Bonchev–Trinajstić information content (AvgIpc) is 2.85. The van der Waals surface area contributed by atoms with Gasteiger partial charge in [-0.25, -0.2) is 4.79 Å². The van der Waals surface area contributed by atoms with E-state index in [1.807, 2.05) is 36.1 Å². The molecular weight excluding hydrogens is 254 g/mol. The second kappa shape index (κ2) is 6.41. The number of hydrogen-bond donors (Lipinski definition) is 2. The zero-order chi connectivity index (χ0) is 14.5. The Morgan fingerprint density at radius 1 is 1.40 bits per heavy atom. The van der Waals surface area contributed by atoms with Crippen LogP contribution in [0, 0.1) is 12.8 Å². The Bertz CT molecular complexity index is 502. The summed E-state index contributed by atoms with van der Waals surface area (Å²) in [6.07, 6.45) is 0.949. The molecule has 1 saturated heterocycles. The van der Waals surface area contributed by atoms with Gasteiger partial charge in [0.05, 0.1) is 0 Å². The van der Waals surface area contributed by atoms with Gasteiger partial charge in [-0.05, 0) is 37.0 Å². The van der Waals surface area contributed by atoms with Crippen molar-refractivity contribution in [2.45, 2.75) is 20.3 Å². The summed E-state index contributed by atoms with van der Waals surface area (Å²) in [6.45, 7) is 5.70. The predicted molar refractivity (Wildman–Crippen MR) is 78.6 cm³/mol. The number of likely N-dealkylation sites (tertiary alicyclic amines) is 1. The summed E-state index contributed by atoms with van der Waals surface area (Å²) in [7, 11) is 0. The quantitative estimate of drug-likeness (QED) is 0.886. The van der Waals surface area contributed by atoms with Crippen molar-refractivity contribution in [3.63, 3.8) is 0 Å². The first-order chi connectivity index (χ1) is 9.54. The average molecular weight is 275 g/mol. The van der Waals surface area contributed by atoms with Gasteiger partial charge in [0.2, 0.25) is 5.91 Å². The molecule has 2 rings (SSSR count). The number of rotatable bonds is 3. The molecule has 5 nitrogen and oxygen atoms in total. The number of amides is 3. The first-order valence-electron chi connectivity index (χ1n) is 6.91. The Morgan fingerprint density at radius 2 is 2.20 bits per heavy atom. The van der Waals surface area contributed by atoms with Crippen molar-refractivity contribution < 1.29 is 9.59 Å². The molecule has 1 heterocycles. The molecule has 20 heavy (non-hydrogen) atoms. The topological polar surface area (TPSA) is 61.4 Å². The summed E-state index contributed by atoms with van der Waals surface area (Å²) >= 11 is 0. The molecule has 1 unspecified atom stereocenters. The Hall–Kier alpha value is -2.04. The van der Waals surface area contributed by atoms with Crippen molar-refractivity contribution in [1.29, 1.82) is 0 Å². The molecule has 0 bridgehead atoms. The molecule has 2 N–H and O–H groups in total. The third-order valence-corrected chi connectivity index (χ3v) is 3.56. The van der Waals surface area contributed by atoms with E-state index < -0.39 is 0 Å². The van der Waals surface area contributed by atoms with Gasteiger partial charge in [-0.2, -0.15) is 0 Å². The maximum atomic E-state index is 11.8. The summed E-state index contributed by atoms with van der Waals surface area (Å²) < 4.78 is 0. The SMILES string of the molecule is CC(=O)N1CCC(CNC(=O)Nc2cccc(C)c2)C1. The molecule has 0 aromatic heterocycles. The highest BCUT2D eigenvalue weighted by Crippen LogP contribution is 2.15. The zero-order valence-electron chi connectivity index (χ0n) is 12.0. The van der Waals surface area contributed by atoms with Crippen LogP contribution in [-0.2, 0) is 4.79 Å². The molecule has 1 atom stereocenters. The molecule has 5 heteroatoms. The first kappa shape index (κ1) is 14.4. The molecule has 108 valence electrons. The lowest BCUT2D eigenvalue weighted by atomic mass is 10.1. The van der Waals surface area contributed by atoms with Crippen molar-refractivity contribution >= 4 is 17.6 Å². The van der Waals surface area contributed by atoms with Crippen LogP contribution in [0.1, 0.15) is 18.9 Å². The van der Waals surface area contributed by atoms with Crippen LogP contribution in [0.4, 0.5) is 10.5 Å². The lowest BCUT2D eigenvalue weighted by Crippen LogP contribution is -2.34. The van der Waals surface area contributed by atoms with Crippen LogP contribution in [0.5, 0.6) is 0 Å². The number of carbonyl (C=O) groups is 2. The van der Waals surface area contributed by atoms with E-state index >= 15 is 0 Å². The van der Waals surface area contributed by atoms with E-state index in [1.165, 1.54) is 0 Å². The molecule has 1 aliphatic heterocycles. The normalized spacial score (nSPS) is 17.9. The predicted octanol–water partition coefficient (Wildman–Crippen LogP) is 1.98. The summed E-state index contributed by atoms with van der Waals surface area (Å²) in [5, 5.41) is 5.67. The number of anilines is 1. The Labute approximate surface area is 119 Å². The van der Waals surface area contributed by atoms with Crippen molar-refractivity contribution in [1.82, 2.24) is 10.2 Å². The van der Waals surface area contributed by atoms with Crippen LogP contribution in [0.15, 0.2) is 24.3 Å². The zero-order valence-corrected chi connectivity index (χ0v) is 12.0. The standard InChI is InChI=1S/C15H21N3O2/c1-11-4-3-5-14(8-11)17-15(20)16-9-13-6-7-18(10-13)12(2)19/h3-5,8,13H,6-7,9-10H2,1-2H3,(H2,16,17,20). The molecule has 1 fully saturated rings. The summed E-state index contributed by atoms with van der Waals surface area (Å²) in [4.78, 5) is 24.8. The van der Waals surface area contributed by atoms with Gasteiger partial charge in [-0.15, -0.1) is 0 Å². The summed E-state index contributed by atoms with van der Waals surface area (Å²) in [5.74, 6) is 0.457. The van der Waals surface area contributed by atoms with E-state index in [0.717, 1.165) is 30.8 Å². The minimum atomic E-state index is -0.197. The van der Waals surface area contributed by atoms with Crippen molar-refractivity contribution in [2.75, 3.05) is 25.0 Å². The fraction of sp³-hybridized carbons (Fsp3) is 0.467. The van der Waals surface area contributed by atoms with Crippen LogP contribution in [-0.4, -0.2) is 36.5 Å². The van der Waals surface area contributed by atoms with E-state index in [2.05, 4.69) is 10.6 Å². The van der Waals surface area contributed by atoms with Gasteiger partial charge in [0, 0.05) is 32.2 Å². The second-order valence-corrected chi connectivity index (χ2v) is 5.32. The molecule has 1 aromatic carbocycles. The molecule has 0 saturated carbocycles. The molecule has 1 aliphatic rings. The van der Waals surface area contributed by atoms with Gasteiger partial charge in [-0.1, -0.05) is 12.1 Å². The van der Waals surface area contributed by atoms with Crippen molar-refractivity contribution in [2.24, 2.45) is 5.92 Å². The van der Waals surface area contributed by atoms with Gasteiger partial charge < -0.3 is 15.5 Å². The van der Waals surface area contributed by atoms with E-state index in [-0.39, 0.29) is 11.9 Å². The van der Waals surface area contributed by atoms with E-state index in [1.54, 1.807) is 6.92 Å². The smallest absolute Gasteiger partial charge is 0.319 e. The lowest BCUT2D eigenvalue weighted by Gasteiger charge is -2.14.